The molecule has 1 atom stereocenters. The lowest BCUT2D eigenvalue weighted by molar-refractivity contribution is 0.100. The van der Waals surface area contributed by atoms with Crippen molar-refractivity contribution in [1.29, 1.82) is 0 Å². The number of phosphoric ester groups is 1. The van der Waals surface area contributed by atoms with Crippen molar-refractivity contribution >= 4 is 15.6 Å². The molecule has 0 aromatic carbocycles. The predicted octanol–water partition coefficient (Wildman–Crippen LogP) is 2.12. The van der Waals surface area contributed by atoms with Crippen LogP contribution in [-0.2, 0) is 18.0 Å². The molecule has 0 fully saturated rings. The maximum atomic E-state index is 11.0. The molecule has 0 amide bonds. The molecule has 10 heteroatoms. The third-order valence-corrected chi connectivity index (χ3v) is 3.93. The summed E-state index contributed by atoms with van der Waals surface area (Å²) in [4.78, 5) is 25.4. The van der Waals surface area contributed by atoms with Crippen molar-refractivity contribution in [2.45, 2.75) is 33.3 Å². The van der Waals surface area contributed by atoms with Crippen LogP contribution in [0.1, 0.15) is 27.7 Å². The molecule has 0 saturated heterocycles. The molecule has 0 heterocycles. The number of aliphatic hydroxyl groups excluding tert-OH is 1. The Kier molecular flexibility index (Phi) is 9.75. The van der Waals surface area contributed by atoms with Gasteiger partial charge in [-0.05, 0) is 27.7 Å². The number of hydrogen-bond donors (Lipinski definition) is 4. The molecule has 0 radical (unpaired) electrons. The summed E-state index contributed by atoms with van der Waals surface area (Å²) >= 11 is 0. The van der Waals surface area contributed by atoms with Crippen molar-refractivity contribution in [1.82, 2.24) is 0 Å². The van der Waals surface area contributed by atoms with Gasteiger partial charge in [0.1, 0.15) is 0 Å². The normalized spacial score (nSPS) is 14.6. The first-order valence-corrected chi connectivity index (χ1v) is 8.45. The van der Waals surface area contributed by atoms with Gasteiger partial charge in [-0.15, -0.1) is 6.58 Å². The molecule has 20 heavy (non-hydrogen) atoms. The highest BCUT2D eigenvalue weighted by molar-refractivity contribution is 7.60. The molecule has 4 N–H and O–H groups in total. The van der Waals surface area contributed by atoms with Crippen molar-refractivity contribution in [3.63, 3.8) is 0 Å². The second kappa shape index (κ2) is 8.87. The molecule has 120 valence electrons. The van der Waals surface area contributed by atoms with Crippen molar-refractivity contribution in [3.05, 3.63) is 24.3 Å². The lowest BCUT2D eigenvalue weighted by Crippen LogP contribution is -2.19. The quantitative estimate of drug-likeness (QED) is 0.429. The average Bonchev–Trinajstić information content (AvgIpc) is 2.12. The second-order valence-corrected chi connectivity index (χ2v) is 7.16. The van der Waals surface area contributed by atoms with Crippen LogP contribution in [0.25, 0.3) is 0 Å². The third-order valence-electron chi connectivity index (χ3n) is 1.55. The van der Waals surface area contributed by atoms with Gasteiger partial charge in [-0.2, -0.15) is 4.31 Å². The van der Waals surface area contributed by atoms with Gasteiger partial charge in [-0.25, -0.2) is 9.13 Å². The van der Waals surface area contributed by atoms with Crippen LogP contribution in [0.2, 0.25) is 0 Å². The molecule has 0 saturated carbocycles. The minimum absolute atomic E-state index is 0.169. The molecular formula is C10H22O8P2. The van der Waals surface area contributed by atoms with Crippen LogP contribution in [0.4, 0.5) is 0 Å². The molecule has 0 aliphatic rings. The lowest BCUT2D eigenvalue weighted by Gasteiger charge is -2.23. The van der Waals surface area contributed by atoms with Crippen LogP contribution >= 0.6 is 15.6 Å². The van der Waals surface area contributed by atoms with Crippen molar-refractivity contribution in [2.75, 3.05) is 6.61 Å². The van der Waals surface area contributed by atoms with Crippen LogP contribution in [0.15, 0.2) is 24.3 Å². The van der Waals surface area contributed by atoms with E-state index >= 15 is 0 Å². The number of phosphoric acid groups is 2. The van der Waals surface area contributed by atoms with Crippen LogP contribution in [0.5, 0.6) is 0 Å². The van der Waals surface area contributed by atoms with Gasteiger partial charge >= 0.3 is 15.6 Å². The third kappa shape index (κ3) is 15.8. The first kappa shape index (κ1) is 22.0. The van der Waals surface area contributed by atoms with E-state index in [1.54, 1.807) is 6.08 Å². The van der Waals surface area contributed by atoms with E-state index in [0.717, 1.165) is 5.57 Å². The lowest BCUT2D eigenvalue weighted by atomic mass is 10.1. The zero-order chi connectivity index (χ0) is 16.6. The summed E-state index contributed by atoms with van der Waals surface area (Å²) in [5.74, 6) is 0. The summed E-state index contributed by atoms with van der Waals surface area (Å²) in [6.07, 6.45) is 2.96. The van der Waals surface area contributed by atoms with Gasteiger partial charge in [0.2, 0.25) is 0 Å². The Bertz CT molecular complexity index is 419. The highest BCUT2D eigenvalue weighted by Crippen LogP contribution is 2.59. The summed E-state index contributed by atoms with van der Waals surface area (Å²) < 4.78 is 29.2. The van der Waals surface area contributed by atoms with Crippen molar-refractivity contribution < 1.29 is 37.8 Å². The monoisotopic (exact) mass is 332 g/mol. The Morgan fingerprint density at radius 3 is 1.90 bits per heavy atom. The SMILES string of the molecule is C=CC(C)(C)OP(=O)(O)OP(=O)(O)O.CC(C)=CCO. The molecule has 0 aromatic heterocycles. The van der Waals surface area contributed by atoms with Gasteiger partial charge in [0.05, 0.1) is 12.2 Å². The van der Waals surface area contributed by atoms with Crippen LogP contribution < -0.4 is 0 Å². The van der Waals surface area contributed by atoms with E-state index in [-0.39, 0.29) is 6.61 Å². The fourth-order valence-electron chi connectivity index (χ4n) is 0.668. The van der Waals surface area contributed by atoms with Crippen molar-refractivity contribution in [3.8, 4) is 0 Å². The minimum Gasteiger partial charge on any atom is -0.392 e. The maximum absolute atomic E-state index is 11.0. The molecule has 0 aliphatic carbocycles. The first-order valence-electron chi connectivity index (χ1n) is 5.43. The Labute approximate surface area is 118 Å². The molecule has 0 rings (SSSR count). The summed E-state index contributed by atoms with van der Waals surface area (Å²) in [5.41, 5.74) is -0.0584. The fourth-order valence-corrected chi connectivity index (χ4v) is 2.55. The summed E-state index contributed by atoms with van der Waals surface area (Å²) in [7, 11) is -9.84. The zero-order valence-corrected chi connectivity index (χ0v) is 13.7. The fraction of sp³-hybridized carbons (Fsp3) is 0.600. The van der Waals surface area contributed by atoms with Gasteiger partial charge in [-0.1, -0.05) is 17.7 Å². The van der Waals surface area contributed by atoms with Gasteiger partial charge in [0.25, 0.3) is 0 Å². The Hall–Kier alpha value is -0.300. The smallest absolute Gasteiger partial charge is 0.392 e. The Balaban J connectivity index is 0. The second-order valence-electron chi connectivity index (χ2n) is 4.40. The Morgan fingerprint density at radius 2 is 1.70 bits per heavy atom. The molecule has 8 nitrogen and oxygen atoms in total. The number of aliphatic hydroxyl groups is 1. The topological polar surface area (TPSA) is 134 Å². The average molecular weight is 332 g/mol. The van der Waals surface area contributed by atoms with Gasteiger partial charge in [0.15, 0.2) is 0 Å². The number of allylic oxidation sites excluding steroid dienone is 1. The standard InChI is InChI=1S/C5H12O7P2.C5H10O/c1-4-5(2,3)11-14(9,10)12-13(6,7)8;1-5(2)3-4-6/h4H,1H2,2-3H3,(H,9,10)(H2,6,7,8);3,6H,4H2,1-2H3. The molecule has 0 spiro atoms. The maximum Gasteiger partial charge on any atom is 0.481 e. The number of rotatable bonds is 6. The Morgan fingerprint density at radius 1 is 1.25 bits per heavy atom. The van der Waals surface area contributed by atoms with E-state index in [4.69, 9.17) is 19.8 Å². The zero-order valence-electron chi connectivity index (χ0n) is 11.9. The van der Waals surface area contributed by atoms with E-state index in [1.807, 2.05) is 13.8 Å². The summed E-state index contributed by atoms with van der Waals surface area (Å²) in [5, 5.41) is 8.16. The van der Waals surface area contributed by atoms with E-state index in [2.05, 4.69) is 15.4 Å². The molecule has 0 aliphatic heterocycles. The predicted molar refractivity (Wildman–Crippen MR) is 74.8 cm³/mol. The van der Waals surface area contributed by atoms with Crippen LogP contribution in [0.3, 0.4) is 0 Å². The van der Waals surface area contributed by atoms with Crippen LogP contribution in [-0.4, -0.2) is 32.0 Å². The minimum atomic E-state index is -5.06. The highest BCUT2D eigenvalue weighted by atomic mass is 31.3. The van der Waals surface area contributed by atoms with E-state index in [0.29, 0.717) is 0 Å². The van der Waals surface area contributed by atoms with E-state index in [1.165, 1.54) is 19.9 Å². The van der Waals surface area contributed by atoms with Gasteiger partial charge in [0, 0.05) is 0 Å². The molecule has 0 aromatic rings. The van der Waals surface area contributed by atoms with Crippen molar-refractivity contribution in [2.24, 2.45) is 0 Å². The van der Waals surface area contributed by atoms with Crippen LogP contribution in [0, 0.1) is 0 Å². The van der Waals surface area contributed by atoms with Gasteiger partial charge in [-0.3, -0.25) is 4.52 Å². The van der Waals surface area contributed by atoms with E-state index in [9.17, 15) is 9.13 Å². The molecule has 0 bridgehead atoms. The number of hydrogen-bond acceptors (Lipinski definition) is 5. The summed E-state index contributed by atoms with van der Waals surface area (Å²) in [6, 6.07) is 0. The first-order chi connectivity index (χ1) is 8.74. The largest absolute Gasteiger partial charge is 0.481 e. The van der Waals surface area contributed by atoms with Gasteiger partial charge < -0.3 is 19.8 Å². The highest BCUT2D eigenvalue weighted by Gasteiger charge is 2.36. The molecule has 1 unspecified atom stereocenters. The summed E-state index contributed by atoms with van der Waals surface area (Å²) in [6.45, 7) is 10.1. The molecular weight excluding hydrogens is 310 g/mol. The van der Waals surface area contributed by atoms with E-state index < -0.39 is 21.2 Å².